The molecule has 0 radical (unpaired) electrons. The minimum absolute atomic E-state index is 0.0291. The lowest BCUT2D eigenvalue weighted by Crippen LogP contribution is -2.55. The van der Waals surface area contributed by atoms with Crippen molar-refractivity contribution in [1.82, 2.24) is 20.5 Å². The number of nitrogens with one attached hydrogen (secondary N) is 2. The van der Waals surface area contributed by atoms with Crippen molar-refractivity contribution < 1.29 is 14.3 Å². The number of morpholine rings is 1. The SMILES string of the molecule is O=C(NCC1CCNCC1)C1OCC(=O)N(C2CC2)C1c1cccnc1. The van der Waals surface area contributed by atoms with Crippen molar-refractivity contribution in [2.45, 2.75) is 43.9 Å². The third-order valence-corrected chi connectivity index (χ3v) is 5.51. The summed E-state index contributed by atoms with van der Waals surface area (Å²) in [6.45, 7) is 2.64. The lowest BCUT2D eigenvalue weighted by Gasteiger charge is -2.40. The van der Waals surface area contributed by atoms with Gasteiger partial charge in [0.1, 0.15) is 6.61 Å². The van der Waals surface area contributed by atoms with Crippen molar-refractivity contribution >= 4 is 11.8 Å². The van der Waals surface area contributed by atoms with Crippen LogP contribution < -0.4 is 10.6 Å². The van der Waals surface area contributed by atoms with Crippen LogP contribution in [0.5, 0.6) is 0 Å². The van der Waals surface area contributed by atoms with Crippen molar-refractivity contribution in [1.29, 1.82) is 0 Å². The number of hydrogen-bond donors (Lipinski definition) is 2. The van der Waals surface area contributed by atoms with Crippen LogP contribution in [0.1, 0.15) is 37.3 Å². The van der Waals surface area contributed by atoms with Gasteiger partial charge in [-0.2, -0.15) is 0 Å². The number of carbonyl (C=O) groups is 2. The number of hydrogen-bond acceptors (Lipinski definition) is 5. The monoisotopic (exact) mass is 358 g/mol. The molecule has 2 aliphatic heterocycles. The Kier molecular flexibility index (Phi) is 5.17. The van der Waals surface area contributed by atoms with E-state index in [0.717, 1.165) is 44.3 Å². The molecule has 1 aromatic heterocycles. The van der Waals surface area contributed by atoms with Crippen LogP contribution in [-0.4, -0.2) is 60.1 Å². The molecule has 2 saturated heterocycles. The van der Waals surface area contributed by atoms with Crippen LogP contribution in [0.3, 0.4) is 0 Å². The van der Waals surface area contributed by atoms with E-state index in [9.17, 15) is 9.59 Å². The molecule has 3 heterocycles. The van der Waals surface area contributed by atoms with E-state index >= 15 is 0 Å². The Bertz CT molecular complexity index is 643. The molecule has 0 aromatic carbocycles. The van der Waals surface area contributed by atoms with E-state index in [1.165, 1.54) is 0 Å². The lowest BCUT2D eigenvalue weighted by atomic mass is 9.96. The normalized spacial score (nSPS) is 27.4. The summed E-state index contributed by atoms with van der Waals surface area (Å²) in [6, 6.07) is 3.58. The molecular formula is C19H26N4O3. The first kappa shape index (κ1) is 17.4. The van der Waals surface area contributed by atoms with Gasteiger partial charge in [-0.15, -0.1) is 0 Å². The van der Waals surface area contributed by atoms with Gasteiger partial charge in [0.2, 0.25) is 5.91 Å². The summed E-state index contributed by atoms with van der Waals surface area (Å²) in [6.07, 6.45) is 6.88. The maximum Gasteiger partial charge on any atom is 0.251 e. The Hall–Kier alpha value is -1.99. The molecule has 2 atom stereocenters. The maximum atomic E-state index is 12.9. The molecule has 140 valence electrons. The molecule has 0 spiro atoms. The molecule has 4 rings (SSSR count). The average Bonchev–Trinajstić information content (AvgIpc) is 3.52. The highest BCUT2D eigenvalue weighted by atomic mass is 16.5. The van der Waals surface area contributed by atoms with E-state index < -0.39 is 12.1 Å². The van der Waals surface area contributed by atoms with E-state index in [1.807, 2.05) is 17.0 Å². The van der Waals surface area contributed by atoms with Gasteiger partial charge in [0, 0.05) is 25.0 Å². The summed E-state index contributed by atoms with van der Waals surface area (Å²) in [5.74, 6) is 0.334. The summed E-state index contributed by atoms with van der Waals surface area (Å²) in [7, 11) is 0. The van der Waals surface area contributed by atoms with Gasteiger partial charge < -0.3 is 20.3 Å². The van der Waals surface area contributed by atoms with E-state index in [0.29, 0.717) is 12.5 Å². The molecule has 7 nitrogen and oxygen atoms in total. The summed E-state index contributed by atoms with van der Waals surface area (Å²) >= 11 is 0. The van der Waals surface area contributed by atoms with Gasteiger partial charge in [-0.1, -0.05) is 6.07 Å². The second-order valence-corrected chi connectivity index (χ2v) is 7.43. The lowest BCUT2D eigenvalue weighted by molar-refractivity contribution is -0.165. The van der Waals surface area contributed by atoms with E-state index in [2.05, 4.69) is 15.6 Å². The molecule has 1 saturated carbocycles. The maximum absolute atomic E-state index is 12.9. The molecule has 1 aliphatic carbocycles. The van der Waals surface area contributed by atoms with Crippen LogP contribution in [0.4, 0.5) is 0 Å². The van der Waals surface area contributed by atoms with Gasteiger partial charge in [0.15, 0.2) is 6.10 Å². The van der Waals surface area contributed by atoms with Crippen LogP contribution >= 0.6 is 0 Å². The fourth-order valence-electron chi connectivity index (χ4n) is 3.95. The third kappa shape index (κ3) is 3.73. The largest absolute Gasteiger partial charge is 0.356 e. The second kappa shape index (κ2) is 7.72. The highest BCUT2D eigenvalue weighted by Gasteiger charge is 2.47. The van der Waals surface area contributed by atoms with Crippen LogP contribution in [0, 0.1) is 5.92 Å². The Balaban J connectivity index is 1.50. The van der Waals surface area contributed by atoms with E-state index in [1.54, 1.807) is 12.4 Å². The minimum Gasteiger partial charge on any atom is -0.356 e. The Morgan fingerprint density at radius 2 is 2.12 bits per heavy atom. The number of amides is 2. The summed E-state index contributed by atoms with van der Waals surface area (Å²) in [5, 5.41) is 6.40. The predicted octanol–water partition coefficient (Wildman–Crippen LogP) is 0.628. The van der Waals surface area contributed by atoms with Crippen LogP contribution in [-0.2, 0) is 14.3 Å². The molecule has 26 heavy (non-hydrogen) atoms. The Morgan fingerprint density at radius 1 is 1.31 bits per heavy atom. The standard InChI is InChI=1S/C19H26N4O3/c24-16-12-26-18(19(25)22-10-13-5-8-20-9-6-13)17(23(16)15-3-4-15)14-2-1-7-21-11-14/h1-2,7,11,13,15,17-18,20H,3-6,8-10,12H2,(H,22,25). The Labute approximate surface area is 153 Å². The van der Waals surface area contributed by atoms with Gasteiger partial charge >= 0.3 is 0 Å². The summed E-state index contributed by atoms with van der Waals surface area (Å²) in [5.41, 5.74) is 0.856. The summed E-state index contributed by atoms with van der Waals surface area (Å²) in [4.78, 5) is 31.4. The number of pyridine rings is 1. The molecule has 2 unspecified atom stereocenters. The van der Waals surface area contributed by atoms with Gasteiger partial charge in [-0.3, -0.25) is 14.6 Å². The van der Waals surface area contributed by atoms with Crippen molar-refractivity contribution in [3.63, 3.8) is 0 Å². The smallest absolute Gasteiger partial charge is 0.251 e. The first-order valence-electron chi connectivity index (χ1n) is 9.55. The molecule has 2 amide bonds. The number of nitrogens with zero attached hydrogens (tertiary/aromatic N) is 2. The molecule has 0 bridgehead atoms. The topological polar surface area (TPSA) is 83.6 Å². The Morgan fingerprint density at radius 3 is 2.81 bits per heavy atom. The van der Waals surface area contributed by atoms with Crippen LogP contribution in [0.15, 0.2) is 24.5 Å². The molecule has 7 heteroatoms. The van der Waals surface area contributed by atoms with Crippen LogP contribution in [0.25, 0.3) is 0 Å². The number of aromatic nitrogens is 1. The van der Waals surface area contributed by atoms with Gasteiger partial charge in [0.25, 0.3) is 5.91 Å². The van der Waals surface area contributed by atoms with Crippen molar-refractivity contribution in [3.8, 4) is 0 Å². The van der Waals surface area contributed by atoms with E-state index in [-0.39, 0.29) is 24.5 Å². The summed E-state index contributed by atoms with van der Waals surface area (Å²) < 4.78 is 5.72. The third-order valence-electron chi connectivity index (χ3n) is 5.51. The first-order valence-corrected chi connectivity index (χ1v) is 9.55. The van der Waals surface area contributed by atoms with Gasteiger partial charge in [-0.25, -0.2) is 0 Å². The van der Waals surface area contributed by atoms with Crippen molar-refractivity contribution in [2.75, 3.05) is 26.2 Å². The molecule has 3 fully saturated rings. The van der Waals surface area contributed by atoms with Gasteiger partial charge in [0.05, 0.1) is 6.04 Å². The number of piperidine rings is 1. The second-order valence-electron chi connectivity index (χ2n) is 7.43. The van der Waals surface area contributed by atoms with Crippen molar-refractivity contribution in [3.05, 3.63) is 30.1 Å². The zero-order chi connectivity index (χ0) is 17.9. The van der Waals surface area contributed by atoms with Crippen LogP contribution in [0.2, 0.25) is 0 Å². The molecular weight excluding hydrogens is 332 g/mol. The number of carbonyl (C=O) groups excluding carboxylic acids is 2. The zero-order valence-electron chi connectivity index (χ0n) is 14.9. The quantitative estimate of drug-likeness (QED) is 0.807. The van der Waals surface area contributed by atoms with Crippen molar-refractivity contribution in [2.24, 2.45) is 5.92 Å². The van der Waals surface area contributed by atoms with E-state index in [4.69, 9.17) is 4.74 Å². The average molecular weight is 358 g/mol. The fourth-order valence-corrected chi connectivity index (χ4v) is 3.95. The number of ether oxygens (including phenoxy) is 1. The first-order chi connectivity index (χ1) is 12.7. The highest BCUT2D eigenvalue weighted by molar-refractivity contribution is 5.86. The fraction of sp³-hybridized carbons (Fsp3) is 0.632. The molecule has 1 aromatic rings. The zero-order valence-corrected chi connectivity index (χ0v) is 14.9. The molecule has 2 N–H and O–H groups in total. The van der Waals surface area contributed by atoms with Gasteiger partial charge in [-0.05, 0) is 56.3 Å². The minimum atomic E-state index is -0.681. The predicted molar refractivity (Wildman–Crippen MR) is 95.2 cm³/mol. The highest BCUT2D eigenvalue weighted by Crippen LogP contribution is 2.39. The molecule has 3 aliphatic rings. The number of rotatable bonds is 5.